The minimum atomic E-state index is -3.55. The smallest absolute Gasteiger partial charge is 0.251 e. The Morgan fingerprint density at radius 1 is 1.19 bits per heavy atom. The number of fused-ring (bicyclic) bond motifs is 2. The molecule has 1 aromatic carbocycles. The van der Waals surface area contributed by atoms with Crippen molar-refractivity contribution in [1.82, 2.24) is 10.0 Å². The molecule has 2 N–H and O–H groups in total. The molecule has 0 heterocycles. The van der Waals surface area contributed by atoms with Crippen LogP contribution >= 0.6 is 0 Å². The maximum Gasteiger partial charge on any atom is 0.251 e. The van der Waals surface area contributed by atoms with E-state index < -0.39 is 10.0 Å². The van der Waals surface area contributed by atoms with Crippen LogP contribution in [0.3, 0.4) is 0 Å². The van der Waals surface area contributed by atoms with E-state index in [0.717, 1.165) is 24.7 Å². The van der Waals surface area contributed by atoms with Gasteiger partial charge in [-0.15, -0.1) is 0 Å². The molecular formula is C20H28N2O3S. The van der Waals surface area contributed by atoms with Crippen molar-refractivity contribution in [3.05, 3.63) is 29.8 Å². The van der Waals surface area contributed by atoms with Crippen molar-refractivity contribution >= 4 is 15.9 Å². The van der Waals surface area contributed by atoms with E-state index in [4.69, 9.17) is 0 Å². The van der Waals surface area contributed by atoms with E-state index in [1.165, 1.54) is 31.7 Å². The zero-order chi connectivity index (χ0) is 18.3. The summed E-state index contributed by atoms with van der Waals surface area (Å²) < 4.78 is 27.5. The van der Waals surface area contributed by atoms with Crippen LogP contribution in [0.25, 0.3) is 0 Å². The molecule has 26 heavy (non-hydrogen) atoms. The molecule has 0 aromatic heterocycles. The number of benzene rings is 1. The Bertz CT molecular complexity index is 788. The fourth-order valence-corrected chi connectivity index (χ4v) is 5.90. The maximum atomic E-state index is 12.6. The molecule has 1 aromatic rings. The van der Waals surface area contributed by atoms with Crippen LogP contribution in [0.5, 0.6) is 0 Å². The average molecular weight is 377 g/mol. The quantitative estimate of drug-likeness (QED) is 0.768. The molecule has 0 radical (unpaired) electrons. The summed E-state index contributed by atoms with van der Waals surface area (Å²) in [7, 11) is -3.55. The van der Waals surface area contributed by atoms with Gasteiger partial charge in [0, 0.05) is 18.2 Å². The van der Waals surface area contributed by atoms with Gasteiger partial charge >= 0.3 is 0 Å². The maximum absolute atomic E-state index is 12.6. The van der Waals surface area contributed by atoms with Crippen LogP contribution in [0, 0.1) is 23.7 Å². The Balaban J connectivity index is 1.41. The van der Waals surface area contributed by atoms with Crippen LogP contribution in [-0.4, -0.2) is 26.9 Å². The molecule has 3 fully saturated rings. The monoisotopic (exact) mass is 376 g/mol. The molecule has 0 spiro atoms. The van der Waals surface area contributed by atoms with Gasteiger partial charge in [-0.1, -0.05) is 12.5 Å². The zero-order valence-corrected chi connectivity index (χ0v) is 16.1. The molecule has 142 valence electrons. The van der Waals surface area contributed by atoms with Crippen molar-refractivity contribution in [3.8, 4) is 0 Å². The largest absolute Gasteiger partial charge is 0.349 e. The highest BCUT2D eigenvalue weighted by atomic mass is 32.2. The van der Waals surface area contributed by atoms with Crippen molar-refractivity contribution in [2.24, 2.45) is 23.7 Å². The number of amides is 1. The highest BCUT2D eigenvalue weighted by Gasteiger charge is 2.42. The number of rotatable bonds is 7. The standard InChI is InChI=1S/C20H28N2O3S/c1-13(19-10-15-7-8-16(19)9-15)22-20(23)17-3-2-4-18(11-17)26(24,25)21-12-14-5-6-14/h2-4,11,13-16,19,21H,5-10,12H2,1H3,(H,22,23). The number of nitrogens with one attached hydrogen (secondary N) is 2. The second-order valence-corrected chi connectivity index (χ2v) is 10.2. The normalized spacial score (nSPS) is 28.9. The molecule has 0 aliphatic heterocycles. The van der Waals surface area contributed by atoms with Gasteiger partial charge < -0.3 is 5.32 Å². The number of sulfonamides is 1. The molecule has 4 unspecified atom stereocenters. The van der Waals surface area contributed by atoms with E-state index in [1.54, 1.807) is 18.2 Å². The average Bonchev–Trinajstić information content (AvgIpc) is 3.22. The van der Waals surface area contributed by atoms with Gasteiger partial charge in [-0.2, -0.15) is 0 Å². The molecule has 3 saturated carbocycles. The molecule has 3 aliphatic carbocycles. The van der Waals surface area contributed by atoms with Gasteiger partial charge in [0.15, 0.2) is 0 Å². The molecule has 3 aliphatic rings. The SMILES string of the molecule is CC(NC(=O)c1cccc(S(=O)(=O)NCC2CC2)c1)C1CC2CCC1C2. The predicted octanol–water partition coefficient (Wildman–Crippen LogP) is 2.93. The van der Waals surface area contributed by atoms with Crippen LogP contribution in [0.2, 0.25) is 0 Å². The van der Waals surface area contributed by atoms with Crippen LogP contribution in [0.15, 0.2) is 29.2 Å². The summed E-state index contributed by atoms with van der Waals surface area (Å²) in [6.45, 7) is 2.57. The lowest BCUT2D eigenvalue weighted by Crippen LogP contribution is -2.40. The highest BCUT2D eigenvalue weighted by Crippen LogP contribution is 2.49. The molecule has 4 rings (SSSR count). The summed E-state index contributed by atoms with van der Waals surface area (Å²) in [6, 6.07) is 6.49. The van der Waals surface area contributed by atoms with Gasteiger partial charge in [0.1, 0.15) is 0 Å². The summed E-state index contributed by atoms with van der Waals surface area (Å²) in [5.41, 5.74) is 0.411. The fraction of sp³-hybridized carbons (Fsp3) is 0.650. The predicted molar refractivity (Wildman–Crippen MR) is 100 cm³/mol. The third-order valence-electron chi connectivity index (χ3n) is 6.46. The lowest BCUT2D eigenvalue weighted by molar-refractivity contribution is 0.0915. The molecule has 1 amide bonds. The first kappa shape index (κ1) is 18.0. The minimum Gasteiger partial charge on any atom is -0.349 e. The first-order valence-corrected chi connectivity index (χ1v) is 11.3. The molecule has 5 nitrogen and oxygen atoms in total. The van der Waals surface area contributed by atoms with E-state index in [2.05, 4.69) is 17.0 Å². The van der Waals surface area contributed by atoms with Crippen LogP contribution in [0.1, 0.15) is 55.8 Å². The number of carbonyl (C=O) groups is 1. The molecule has 4 atom stereocenters. The second-order valence-electron chi connectivity index (χ2n) is 8.42. The van der Waals surface area contributed by atoms with E-state index in [-0.39, 0.29) is 16.8 Å². The van der Waals surface area contributed by atoms with E-state index in [9.17, 15) is 13.2 Å². The highest BCUT2D eigenvalue weighted by molar-refractivity contribution is 7.89. The third kappa shape index (κ3) is 3.81. The van der Waals surface area contributed by atoms with Crippen LogP contribution in [0.4, 0.5) is 0 Å². The van der Waals surface area contributed by atoms with Crippen molar-refractivity contribution < 1.29 is 13.2 Å². The lowest BCUT2D eigenvalue weighted by Gasteiger charge is -2.28. The Morgan fingerprint density at radius 3 is 2.65 bits per heavy atom. The molecule has 0 saturated heterocycles. The Kier molecular flexibility index (Phi) is 4.82. The summed E-state index contributed by atoms with van der Waals surface area (Å²) >= 11 is 0. The van der Waals surface area contributed by atoms with Crippen molar-refractivity contribution in [1.29, 1.82) is 0 Å². The van der Waals surface area contributed by atoms with Gasteiger partial charge in [-0.3, -0.25) is 4.79 Å². The lowest BCUT2D eigenvalue weighted by atomic mass is 9.84. The minimum absolute atomic E-state index is 0.131. The number of hydrogen-bond acceptors (Lipinski definition) is 3. The van der Waals surface area contributed by atoms with Gasteiger partial charge in [0.2, 0.25) is 10.0 Å². The van der Waals surface area contributed by atoms with Gasteiger partial charge in [0.25, 0.3) is 5.91 Å². The molecular weight excluding hydrogens is 348 g/mol. The Hall–Kier alpha value is -1.40. The van der Waals surface area contributed by atoms with Crippen molar-refractivity contribution in [2.75, 3.05) is 6.54 Å². The summed E-state index contributed by atoms with van der Waals surface area (Å²) in [5, 5.41) is 3.11. The van der Waals surface area contributed by atoms with Crippen LogP contribution in [-0.2, 0) is 10.0 Å². The first-order chi connectivity index (χ1) is 12.4. The van der Waals surface area contributed by atoms with Gasteiger partial charge in [-0.05, 0) is 80.9 Å². The second kappa shape index (κ2) is 6.97. The van der Waals surface area contributed by atoms with Crippen molar-refractivity contribution in [3.63, 3.8) is 0 Å². The molecule has 6 heteroatoms. The van der Waals surface area contributed by atoms with E-state index >= 15 is 0 Å². The summed E-state index contributed by atoms with van der Waals surface area (Å²) in [4.78, 5) is 12.8. The Morgan fingerprint density at radius 2 is 2.00 bits per heavy atom. The van der Waals surface area contributed by atoms with Gasteiger partial charge in [-0.25, -0.2) is 13.1 Å². The summed E-state index contributed by atoms with van der Waals surface area (Å²) in [5.74, 6) is 2.44. The number of hydrogen-bond donors (Lipinski definition) is 2. The van der Waals surface area contributed by atoms with E-state index in [0.29, 0.717) is 23.9 Å². The topological polar surface area (TPSA) is 75.3 Å². The summed E-state index contributed by atoms with van der Waals surface area (Å²) in [6.07, 6.45) is 7.33. The fourth-order valence-electron chi connectivity index (χ4n) is 4.74. The van der Waals surface area contributed by atoms with E-state index in [1.807, 2.05) is 0 Å². The van der Waals surface area contributed by atoms with Crippen LogP contribution < -0.4 is 10.0 Å². The first-order valence-electron chi connectivity index (χ1n) is 9.83. The van der Waals surface area contributed by atoms with Gasteiger partial charge in [0.05, 0.1) is 4.90 Å². The molecule has 2 bridgehead atoms. The third-order valence-corrected chi connectivity index (χ3v) is 7.88. The number of carbonyl (C=O) groups excluding carboxylic acids is 1. The van der Waals surface area contributed by atoms with Crippen molar-refractivity contribution in [2.45, 2.75) is 56.4 Å². The zero-order valence-electron chi connectivity index (χ0n) is 15.3. The Labute approximate surface area is 156 Å².